The van der Waals surface area contributed by atoms with Crippen LogP contribution in [0.5, 0.6) is 0 Å². The van der Waals surface area contributed by atoms with E-state index < -0.39 is 5.60 Å². The van der Waals surface area contributed by atoms with Gasteiger partial charge in [-0.1, -0.05) is 40.2 Å². The summed E-state index contributed by atoms with van der Waals surface area (Å²) < 4.78 is 6.68. The van der Waals surface area contributed by atoms with Crippen LogP contribution in [0.1, 0.15) is 38.7 Å². The maximum absolute atomic E-state index is 12.7. The first kappa shape index (κ1) is 17.2. The van der Waals surface area contributed by atoms with Crippen molar-refractivity contribution in [1.29, 1.82) is 0 Å². The molecule has 0 saturated carbocycles. The minimum atomic E-state index is -0.476. The fourth-order valence-electron chi connectivity index (χ4n) is 2.74. The van der Waals surface area contributed by atoms with Gasteiger partial charge in [0.15, 0.2) is 0 Å². The second-order valence-corrected chi connectivity index (χ2v) is 7.67. The zero-order valence-electron chi connectivity index (χ0n) is 13.7. The number of rotatable bonds is 2. The summed E-state index contributed by atoms with van der Waals surface area (Å²) in [5.74, 6) is -0.161. The van der Waals surface area contributed by atoms with E-state index in [1.165, 1.54) is 0 Å². The number of benzene rings is 1. The maximum atomic E-state index is 12.7. The molecule has 0 spiro atoms. The first-order valence-corrected chi connectivity index (χ1v) is 8.42. The van der Waals surface area contributed by atoms with Crippen molar-refractivity contribution in [2.75, 3.05) is 13.6 Å². The number of ether oxygens (including phenoxy) is 1. The minimum Gasteiger partial charge on any atom is -0.459 e. The van der Waals surface area contributed by atoms with Gasteiger partial charge in [0, 0.05) is 16.9 Å². The van der Waals surface area contributed by atoms with Crippen molar-refractivity contribution in [2.45, 2.75) is 44.8 Å². The molecule has 0 radical (unpaired) electrons. The normalized spacial score (nSPS) is 23.1. The Morgan fingerprint density at radius 2 is 2.09 bits per heavy atom. The summed E-state index contributed by atoms with van der Waals surface area (Å²) in [6.45, 7) is 6.58. The highest BCUT2D eigenvalue weighted by atomic mass is 79.9. The van der Waals surface area contributed by atoms with E-state index in [1.54, 1.807) is 0 Å². The van der Waals surface area contributed by atoms with E-state index in [4.69, 9.17) is 4.74 Å². The summed E-state index contributed by atoms with van der Waals surface area (Å²) >= 11 is 3.52. The zero-order chi connectivity index (χ0) is 16.3. The van der Waals surface area contributed by atoms with Gasteiger partial charge in [-0.15, -0.1) is 0 Å². The molecule has 1 aromatic carbocycles. The van der Waals surface area contributed by atoms with Gasteiger partial charge < -0.3 is 4.74 Å². The SMILES string of the molecule is CN1CCC=C[C@H](c2cccc(Br)c2)[C@H]1C(=O)OC(C)(C)C. The van der Waals surface area contributed by atoms with Crippen molar-refractivity contribution in [2.24, 2.45) is 0 Å². The fourth-order valence-corrected chi connectivity index (χ4v) is 3.15. The van der Waals surface area contributed by atoms with Crippen LogP contribution in [-0.2, 0) is 9.53 Å². The molecule has 0 N–H and O–H groups in total. The molecule has 0 bridgehead atoms. The Balaban J connectivity index is 2.36. The molecule has 0 unspecified atom stereocenters. The molecular formula is C18H24BrNO2. The van der Waals surface area contributed by atoms with E-state index in [9.17, 15) is 4.79 Å². The number of hydrogen-bond acceptors (Lipinski definition) is 3. The van der Waals surface area contributed by atoms with Crippen LogP contribution >= 0.6 is 15.9 Å². The number of carbonyl (C=O) groups is 1. The van der Waals surface area contributed by atoms with Crippen molar-refractivity contribution in [3.8, 4) is 0 Å². The molecule has 0 fully saturated rings. The topological polar surface area (TPSA) is 29.5 Å². The Hall–Kier alpha value is -1.13. The molecule has 1 aromatic rings. The summed E-state index contributed by atoms with van der Waals surface area (Å²) in [6, 6.07) is 7.84. The largest absolute Gasteiger partial charge is 0.459 e. The molecule has 0 saturated heterocycles. The fraction of sp³-hybridized carbons (Fsp3) is 0.500. The lowest BCUT2D eigenvalue weighted by atomic mass is 9.90. The van der Waals surface area contributed by atoms with E-state index in [0.717, 1.165) is 23.0 Å². The third kappa shape index (κ3) is 4.43. The van der Waals surface area contributed by atoms with Gasteiger partial charge >= 0.3 is 5.97 Å². The number of halogens is 1. The van der Waals surface area contributed by atoms with Crippen LogP contribution in [0.3, 0.4) is 0 Å². The summed E-state index contributed by atoms with van der Waals surface area (Å²) in [5, 5.41) is 0. The lowest BCUT2D eigenvalue weighted by Crippen LogP contribution is -2.45. The Labute approximate surface area is 141 Å². The molecule has 4 heteroatoms. The third-order valence-electron chi connectivity index (χ3n) is 3.69. The van der Waals surface area contributed by atoms with Crippen LogP contribution in [0.2, 0.25) is 0 Å². The molecule has 0 amide bonds. The van der Waals surface area contributed by atoms with Crippen LogP contribution < -0.4 is 0 Å². The van der Waals surface area contributed by atoms with Gasteiger partial charge in [0.05, 0.1) is 0 Å². The Kier molecular flexibility index (Phi) is 5.45. The Morgan fingerprint density at radius 1 is 1.36 bits per heavy atom. The summed E-state index contributed by atoms with van der Waals surface area (Å²) in [4.78, 5) is 14.8. The average molecular weight is 366 g/mol. The van der Waals surface area contributed by atoms with Crippen molar-refractivity contribution >= 4 is 21.9 Å². The van der Waals surface area contributed by atoms with Gasteiger partial charge in [-0.25, -0.2) is 0 Å². The number of esters is 1. The standard InChI is InChI=1S/C18H24BrNO2/c1-18(2,3)22-17(21)16-15(10-5-6-11-20(16)4)13-8-7-9-14(19)12-13/h5,7-10,12,15-16H,6,11H2,1-4H3/t15-,16+/m1/s1. The maximum Gasteiger partial charge on any atom is 0.324 e. The lowest BCUT2D eigenvalue weighted by molar-refractivity contribution is -0.161. The van der Waals surface area contributed by atoms with E-state index in [0.29, 0.717) is 0 Å². The van der Waals surface area contributed by atoms with Crippen LogP contribution in [0.25, 0.3) is 0 Å². The highest BCUT2D eigenvalue weighted by molar-refractivity contribution is 9.10. The van der Waals surface area contributed by atoms with Gasteiger partial charge in [0.1, 0.15) is 11.6 Å². The molecule has 0 aromatic heterocycles. The van der Waals surface area contributed by atoms with E-state index in [2.05, 4.69) is 45.1 Å². The number of likely N-dealkylation sites (N-methyl/N-ethyl adjacent to an activating group) is 1. The quantitative estimate of drug-likeness (QED) is 0.582. The smallest absolute Gasteiger partial charge is 0.324 e. The third-order valence-corrected chi connectivity index (χ3v) is 4.18. The van der Waals surface area contributed by atoms with Gasteiger partial charge in [0.25, 0.3) is 0 Å². The Bertz CT molecular complexity index is 562. The molecular weight excluding hydrogens is 342 g/mol. The molecule has 1 aliphatic heterocycles. The first-order valence-electron chi connectivity index (χ1n) is 7.63. The first-order chi connectivity index (χ1) is 10.3. The van der Waals surface area contributed by atoms with Crippen LogP contribution in [-0.4, -0.2) is 36.1 Å². The van der Waals surface area contributed by atoms with Gasteiger partial charge in [-0.05, 0) is 51.9 Å². The van der Waals surface area contributed by atoms with Crippen LogP contribution in [0.15, 0.2) is 40.9 Å². The zero-order valence-corrected chi connectivity index (χ0v) is 15.3. The van der Waals surface area contributed by atoms with Crippen molar-refractivity contribution in [3.63, 3.8) is 0 Å². The van der Waals surface area contributed by atoms with Crippen LogP contribution in [0.4, 0.5) is 0 Å². The molecule has 2 rings (SSSR count). The number of hydrogen-bond donors (Lipinski definition) is 0. The summed E-state index contributed by atoms with van der Waals surface area (Å²) in [7, 11) is 1.99. The predicted molar refractivity (Wildman–Crippen MR) is 92.9 cm³/mol. The monoisotopic (exact) mass is 365 g/mol. The molecule has 120 valence electrons. The van der Waals surface area contributed by atoms with Gasteiger partial charge in [-0.3, -0.25) is 9.69 Å². The summed E-state index contributed by atoms with van der Waals surface area (Å²) in [6.07, 6.45) is 5.24. The second-order valence-electron chi connectivity index (χ2n) is 6.76. The predicted octanol–water partition coefficient (Wildman–Crippen LogP) is 4.13. The molecule has 0 aliphatic carbocycles. The second kappa shape index (κ2) is 6.97. The van der Waals surface area contributed by atoms with E-state index >= 15 is 0 Å². The molecule has 22 heavy (non-hydrogen) atoms. The Morgan fingerprint density at radius 3 is 2.73 bits per heavy atom. The van der Waals surface area contributed by atoms with Gasteiger partial charge in [-0.2, -0.15) is 0 Å². The highest BCUT2D eigenvalue weighted by Crippen LogP contribution is 2.30. The summed E-state index contributed by atoms with van der Waals surface area (Å²) in [5.41, 5.74) is 0.644. The minimum absolute atomic E-state index is 0.000139. The van der Waals surface area contributed by atoms with Crippen molar-refractivity contribution in [3.05, 3.63) is 46.5 Å². The number of carbonyl (C=O) groups excluding carboxylic acids is 1. The lowest BCUT2D eigenvalue weighted by Gasteiger charge is -2.32. The van der Waals surface area contributed by atoms with E-state index in [1.807, 2.05) is 40.0 Å². The van der Waals surface area contributed by atoms with Crippen LogP contribution in [0, 0.1) is 0 Å². The average Bonchev–Trinajstić information content (AvgIpc) is 2.58. The molecule has 1 aliphatic rings. The number of nitrogens with zero attached hydrogens (tertiary/aromatic N) is 1. The van der Waals surface area contributed by atoms with Crippen molar-refractivity contribution < 1.29 is 9.53 Å². The molecule has 2 atom stereocenters. The molecule has 1 heterocycles. The van der Waals surface area contributed by atoms with Crippen molar-refractivity contribution in [1.82, 2.24) is 4.90 Å². The van der Waals surface area contributed by atoms with E-state index in [-0.39, 0.29) is 17.9 Å². The highest BCUT2D eigenvalue weighted by Gasteiger charge is 2.35. The van der Waals surface area contributed by atoms with Gasteiger partial charge in [0.2, 0.25) is 0 Å². The molecule has 3 nitrogen and oxygen atoms in total.